The predicted molar refractivity (Wildman–Crippen MR) is 132 cm³/mol. The number of benzene rings is 3. The molecule has 2 N–H and O–H groups in total. The first-order valence-electron chi connectivity index (χ1n) is 10.4. The zero-order valence-corrected chi connectivity index (χ0v) is 19.0. The molecule has 0 spiro atoms. The van der Waals surface area contributed by atoms with Crippen molar-refractivity contribution in [3.8, 4) is 28.8 Å². The van der Waals surface area contributed by atoms with Crippen LogP contribution in [0.3, 0.4) is 0 Å². The third-order valence-electron chi connectivity index (χ3n) is 4.82. The van der Waals surface area contributed by atoms with Gasteiger partial charge in [0.2, 0.25) is 5.91 Å². The van der Waals surface area contributed by atoms with Crippen LogP contribution in [0.2, 0.25) is 0 Å². The largest absolute Gasteiger partial charge is 0.457 e. The highest BCUT2D eigenvalue weighted by Gasteiger charge is 2.19. The van der Waals surface area contributed by atoms with Gasteiger partial charge in [0.15, 0.2) is 5.16 Å². The van der Waals surface area contributed by atoms with Gasteiger partial charge in [-0.1, -0.05) is 60.3 Å². The summed E-state index contributed by atoms with van der Waals surface area (Å²) in [7, 11) is 0. The summed E-state index contributed by atoms with van der Waals surface area (Å²) in [6, 6.07) is 27.4. The van der Waals surface area contributed by atoms with Gasteiger partial charge < -0.3 is 15.0 Å². The molecule has 0 saturated carbocycles. The van der Waals surface area contributed by atoms with Crippen molar-refractivity contribution in [3.05, 3.63) is 101 Å². The summed E-state index contributed by atoms with van der Waals surface area (Å²) in [5.74, 6) is 1.12. The molecule has 0 aliphatic rings. The minimum Gasteiger partial charge on any atom is -0.457 e. The number of nitrogens with zero attached hydrogens (tertiary/aromatic N) is 2. The number of thioether (sulfide) groups is 1. The number of rotatable bonds is 7. The molecule has 8 heteroatoms. The van der Waals surface area contributed by atoms with Crippen molar-refractivity contribution in [2.45, 2.75) is 17.3 Å². The van der Waals surface area contributed by atoms with Gasteiger partial charge in [-0.15, -0.1) is 0 Å². The number of amides is 1. The molecular weight excluding hydrogens is 448 g/mol. The fourth-order valence-electron chi connectivity index (χ4n) is 3.11. The van der Waals surface area contributed by atoms with Crippen LogP contribution in [0.1, 0.15) is 12.5 Å². The number of aromatic amines is 1. The van der Waals surface area contributed by atoms with Gasteiger partial charge in [0.1, 0.15) is 23.1 Å². The lowest BCUT2D eigenvalue weighted by Crippen LogP contribution is -2.23. The minimum absolute atomic E-state index is 0.0644. The second-order valence-corrected chi connectivity index (χ2v) is 8.59. The monoisotopic (exact) mass is 468 g/mol. The van der Waals surface area contributed by atoms with E-state index in [2.05, 4.69) is 15.3 Å². The Labute approximate surface area is 200 Å². The zero-order chi connectivity index (χ0) is 23.9. The molecule has 7 nitrogen and oxygen atoms in total. The molecule has 0 aliphatic carbocycles. The van der Waals surface area contributed by atoms with Crippen LogP contribution in [0, 0.1) is 11.3 Å². The molecule has 1 heterocycles. The van der Waals surface area contributed by atoms with Crippen molar-refractivity contribution in [2.24, 2.45) is 0 Å². The van der Waals surface area contributed by atoms with Gasteiger partial charge in [0.25, 0.3) is 5.56 Å². The van der Waals surface area contributed by atoms with Crippen LogP contribution in [-0.2, 0) is 4.79 Å². The van der Waals surface area contributed by atoms with E-state index in [-0.39, 0.29) is 22.3 Å². The minimum atomic E-state index is -0.556. The average molecular weight is 469 g/mol. The van der Waals surface area contributed by atoms with Crippen molar-refractivity contribution < 1.29 is 9.53 Å². The number of aromatic nitrogens is 2. The summed E-state index contributed by atoms with van der Waals surface area (Å²) in [4.78, 5) is 32.2. The van der Waals surface area contributed by atoms with Crippen LogP contribution in [0.4, 0.5) is 5.69 Å². The lowest BCUT2D eigenvalue weighted by molar-refractivity contribution is -0.115. The van der Waals surface area contributed by atoms with Crippen molar-refractivity contribution in [1.29, 1.82) is 5.26 Å². The first kappa shape index (κ1) is 22.8. The maximum absolute atomic E-state index is 12.7. The van der Waals surface area contributed by atoms with Crippen molar-refractivity contribution in [3.63, 3.8) is 0 Å². The molecule has 4 rings (SSSR count). The van der Waals surface area contributed by atoms with E-state index in [0.29, 0.717) is 17.0 Å². The number of nitriles is 1. The summed E-state index contributed by atoms with van der Waals surface area (Å²) < 4.78 is 5.76. The quantitative estimate of drug-likeness (QED) is 0.284. The molecule has 0 unspecified atom stereocenters. The fourth-order valence-corrected chi connectivity index (χ4v) is 3.91. The lowest BCUT2D eigenvalue weighted by Gasteiger charge is -2.13. The molecule has 168 valence electrons. The highest BCUT2D eigenvalue weighted by Crippen LogP contribution is 2.26. The van der Waals surface area contributed by atoms with Gasteiger partial charge in [-0.25, -0.2) is 4.98 Å². The van der Waals surface area contributed by atoms with E-state index < -0.39 is 10.8 Å². The van der Waals surface area contributed by atoms with Crippen LogP contribution < -0.4 is 15.6 Å². The second-order valence-electron chi connectivity index (χ2n) is 7.26. The fraction of sp³-hybridized carbons (Fsp3) is 0.0769. The molecule has 0 fully saturated rings. The van der Waals surface area contributed by atoms with Gasteiger partial charge in [-0.3, -0.25) is 9.59 Å². The average Bonchev–Trinajstić information content (AvgIpc) is 2.86. The standard InChI is InChI=1S/C26H20N4O3S/c1-17(24(31)28-19-12-14-21(15-13-19)33-20-10-6-3-7-11-20)34-26-29-23(18-8-4-2-5-9-18)22(16-27)25(32)30-26/h2-15,17H,1H3,(H,28,31)(H,29,30,32)/t17-/m0/s1. The van der Waals surface area contributed by atoms with Crippen molar-refractivity contribution in [1.82, 2.24) is 9.97 Å². The summed E-state index contributed by atoms with van der Waals surface area (Å²) in [6.07, 6.45) is 0. The molecule has 3 aromatic carbocycles. The Morgan fingerprint density at radius 1 is 1.00 bits per heavy atom. The highest BCUT2D eigenvalue weighted by atomic mass is 32.2. The Morgan fingerprint density at radius 3 is 2.26 bits per heavy atom. The summed E-state index contributed by atoms with van der Waals surface area (Å²) >= 11 is 1.11. The van der Waals surface area contributed by atoms with Crippen molar-refractivity contribution >= 4 is 23.4 Å². The maximum atomic E-state index is 12.7. The number of para-hydroxylation sites is 1. The summed E-state index contributed by atoms with van der Waals surface area (Å²) in [5, 5.41) is 12.0. The number of nitrogens with one attached hydrogen (secondary N) is 2. The summed E-state index contributed by atoms with van der Waals surface area (Å²) in [5.41, 5.74) is 0.952. The Morgan fingerprint density at radius 2 is 1.62 bits per heavy atom. The van der Waals surface area contributed by atoms with Crippen LogP contribution in [0.15, 0.2) is 94.9 Å². The van der Waals surface area contributed by atoms with Gasteiger partial charge in [-0.2, -0.15) is 5.26 Å². The Balaban J connectivity index is 1.44. The third kappa shape index (κ3) is 5.52. The Kier molecular flexibility index (Phi) is 7.06. The third-order valence-corrected chi connectivity index (χ3v) is 5.80. The molecule has 0 radical (unpaired) electrons. The van der Waals surface area contributed by atoms with Crippen LogP contribution >= 0.6 is 11.8 Å². The highest BCUT2D eigenvalue weighted by molar-refractivity contribution is 8.00. The lowest BCUT2D eigenvalue weighted by atomic mass is 10.1. The van der Waals surface area contributed by atoms with E-state index in [1.54, 1.807) is 55.5 Å². The number of hydrogen-bond donors (Lipinski definition) is 2. The first-order chi connectivity index (χ1) is 16.5. The number of anilines is 1. The van der Waals surface area contributed by atoms with E-state index in [4.69, 9.17) is 4.74 Å². The Bertz CT molecular complexity index is 1380. The number of carbonyl (C=O) groups is 1. The molecule has 1 atom stereocenters. The normalized spacial score (nSPS) is 11.3. The van der Waals surface area contributed by atoms with E-state index in [0.717, 1.165) is 17.5 Å². The number of H-pyrrole nitrogens is 1. The topological polar surface area (TPSA) is 108 Å². The van der Waals surface area contributed by atoms with Crippen molar-refractivity contribution in [2.75, 3.05) is 5.32 Å². The zero-order valence-electron chi connectivity index (χ0n) is 18.2. The summed E-state index contributed by atoms with van der Waals surface area (Å²) in [6.45, 7) is 1.72. The number of hydrogen-bond acceptors (Lipinski definition) is 6. The van der Waals surface area contributed by atoms with Crippen LogP contribution in [0.25, 0.3) is 11.3 Å². The van der Waals surface area contributed by atoms with E-state index in [1.165, 1.54) is 0 Å². The van der Waals surface area contributed by atoms with E-state index in [1.807, 2.05) is 42.5 Å². The van der Waals surface area contributed by atoms with Gasteiger partial charge in [-0.05, 0) is 43.3 Å². The second kappa shape index (κ2) is 10.5. The number of carbonyl (C=O) groups excluding carboxylic acids is 1. The molecule has 1 aromatic heterocycles. The molecule has 34 heavy (non-hydrogen) atoms. The van der Waals surface area contributed by atoms with Gasteiger partial charge in [0, 0.05) is 11.3 Å². The van der Waals surface area contributed by atoms with Gasteiger partial charge >= 0.3 is 0 Å². The molecule has 0 saturated heterocycles. The molecular formula is C26H20N4O3S. The molecule has 0 bridgehead atoms. The molecule has 1 amide bonds. The van der Waals surface area contributed by atoms with Crippen LogP contribution in [0.5, 0.6) is 11.5 Å². The molecule has 0 aliphatic heterocycles. The smallest absolute Gasteiger partial charge is 0.270 e. The van der Waals surface area contributed by atoms with Crippen LogP contribution in [-0.4, -0.2) is 21.1 Å². The van der Waals surface area contributed by atoms with E-state index >= 15 is 0 Å². The first-order valence-corrected chi connectivity index (χ1v) is 11.3. The predicted octanol–water partition coefficient (Wildman–Crippen LogP) is 5.22. The number of ether oxygens (including phenoxy) is 1. The van der Waals surface area contributed by atoms with Gasteiger partial charge in [0.05, 0.1) is 10.9 Å². The Hall–Kier alpha value is -4.35. The molecule has 4 aromatic rings. The maximum Gasteiger partial charge on any atom is 0.270 e. The SMILES string of the molecule is C[C@H](Sc1nc(-c2ccccc2)c(C#N)c(=O)[nH]1)C(=O)Nc1ccc(Oc2ccccc2)cc1. The van der Waals surface area contributed by atoms with E-state index in [9.17, 15) is 14.9 Å².